The highest BCUT2D eigenvalue weighted by Gasteiger charge is 2.30. The highest BCUT2D eigenvalue weighted by atomic mass is 16.6. The summed E-state index contributed by atoms with van der Waals surface area (Å²) in [5.41, 5.74) is 3.45. The SMILES string of the molecule is CC(C)C[C@H](CC(=O)NOCc1ccccc1)C(=O)[C@@H]1CNCCN1. The predicted molar refractivity (Wildman–Crippen MR) is 96.6 cm³/mol. The number of rotatable bonds is 9. The van der Waals surface area contributed by atoms with Crippen LogP contribution in [0.15, 0.2) is 30.3 Å². The zero-order valence-corrected chi connectivity index (χ0v) is 15.1. The third kappa shape index (κ3) is 6.94. The van der Waals surface area contributed by atoms with Crippen LogP contribution in [0.25, 0.3) is 0 Å². The van der Waals surface area contributed by atoms with Crippen molar-refractivity contribution in [1.82, 2.24) is 16.1 Å². The molecule has 1 aromatic rings. The summed E-state index contributed by atoms with van der Waals surface area (Å²) in [6.07, 6.45) is 0.854. The maximum Gasteiger partial charge on any atom is 0.244 e. The molecule has 0 aliphatic carbocycles. The lowest BCUT2D eigenvalue weighted by Gasteiger charge is -2.27. The minimum atomic E-state index is -0.294. The summed E-state index contributed by atoms with van der Waals surface area (Å²) in [6.45, 7) is 6.71. The van der Waals surface area contributed by atoms with Crippen LogP contribution in [-0.4, -0.2) is 37.4 Å². The Bertz CT molecular complexity index is 542. The molecule has 1 saturated heterocycles. The fraction of sp³-hybridized carbons (Fsp3) is 0.579. The van der Waals surface area contributed by atoms with E-state index in [9.17, 15) is 9.59 Å². The Balaban J connectivity index is 1.82. The average Bonchev–Trinajstić information content (AvgIpc) is 2.62. The first kappa shape index (κ1) is 19.6. The van der Waals surface area contributed by atoms with Gasteiger partial charge < -0.3 is 10.6 Å². The van der Waals surface area contributed by atoms with Gasteiger partial charge in [0, 0.05) is 32.0 Å². The van der Waals surface area contributed by atoms with Gasteiger partial charge in [0.05, 0.1) is 12.6 Å². The van der Waals surface area contributed by atoms with Gasteiger partial charge in [-0.25, -0.2) is 5.48 Å². The fourth-order valence-corrected chi connectivity index (χ4v) is 3.05. The molecule has 1 aliphatic rings. The van der Waals surface area contributed by atoms with Gasteiger partial charge in [-0.1, -0.05) is 44.2 Å². The summed E-state index contributed by atoms with van der Waals surface area (Å²) in [4.78, 5) is 30.2. The number of benzene rings is 1. The summed E-state index contributed by atoms with van der Waals surface area (Å²) >= 11 is 0. The van der Waals surface area contributed by atoms with Gasteiger partial charge >= 0.3 is 0 Å². The van der Waals surface area contributed by atoms with Gasteiger partial charge in [-0.3, -0.25) is 14.4 Å². The van der Waals surface area contributed by atoms with Crippen LogP contribution in [0.3, 0.4) is 0 Å². The molecule has 0 spiro atoms. The number of piperazine rings is 1. The number of nitrogens with one attached hydrogen (secondary N) is 3. The van der Waals surface area contributed by atoms with Gasteiger partial charge in [0.25, 0.3) is 0 Å². The minimum absolute atomic E-state index is 0.110. The predicted octanol–water partition coefficient (Wildman–Crippen LogP) is 1.42. The van der Waals surface area contributed by atoms with Gasteiger partial charge in [-0.05, 0) is 17.9 Å². The second-order valence-corrected chi connectivity index (χ2v) is 6.94. The van der Waals surface area contributed by atoms with E-state index in [0.717, 1.165) is 18.7 Å². The lowest BCUT2D eigenvalue weighted by Crippen LogP contribution is -2.54. The fourth-order valence-electron chi connectivity index (χ4n) is 3.05. The number of amides is 1. The average molecular weight is 347 g/mol. The highest BCUT2D eigenvalue weighted by molar-refractivity contribution is 5.90. The molecule has 2 atom stereocenters. The molecule has 138 valence electrons. The number of hydroxylamine groups is 1. The van der Waals surface area contributed by atoms with E-state index < -0.39 is 0 Å². The van der Waals surface area contributed by atoms with E-state index in [2.05, 4.69) is 30.0 Å². The largest absolute Gasteiger partial charge is 0.313 e. The van der Waals surface area contributed by atoms with Crippen molar-refractivity contribution >= 4 is 11.7 Å². The molecule has 1 aromatic carbocycles. The van der Waals surface area contributed by atoms with Crippen LogP contribution in [-0.2, 0) is 21.0 Å². The molecule has 0 unspecified atom stereocenters. The number of hydrogen-bond donors (Lipinski definition) is 3. The van der Waals surface area contributed by atoms with E-state index in [1.165, 1.54) is 0 Å². The standard InChI is InChI=1S/C19H29N3O3/c1-14(2)10-16(19(24)17-12-20-8-9-21-17)11-18(23)22-25-13-15-6-4-3-5-7-15/h3-7,14,16-17,20-21H,8-13H2,1-2H3,(H,22,23)/t16-,17+/m1/s1. The molecule has 6 nitrogen and oxygen atoms in total. The Morgan fingerprint density at radius 1 is 1.24 bits per heavy atom. The summed E-state index contributed by atoms with van der Waals surface area (Å²) < 4.78 is 0. The van der Waals surface area contributed by atoms with Gasteiger partial charge in [0.1, 0.15) is 0 Å². The summed E-state index contributed by atoms with van der Waals surface area (Å²) in [5, 5.41) is 6.46. The Kier molecular flexibility index (Phi) is 8.04. The molecule has 1 fully saturated rings. The maximum atomic E-state index is 12.7. The van der Waals surface area contributed by atoms with Crippen LogP contribution < -0.4 is 16.1 Å². The number of ketones is 1. The topological polar surface area (TPSA) is 79.5 Å². The molecular weight excluding hydrogens is 318 g/mol. The molecule has 1 heterocycles. The van der Waals surface area contributed by atoms with Gasteiger partial charge in [0.15, 0.2) is 5.78 Å². The van der Waals surface area contributed by atoms with E-state index >= 15 is 0 Å². The van der Waals surface area contributed by atoms with Gasteiger partial charge in [-0.2, -0.15) is 0 Å². The third-order valence-corrected chi connectivity index (χ3v) is 4.24. The molecule has 1 aliphatic heterocycles. The molecular formula is C19H29N3O3. The molecule has 25 heavy (non-hydrogen) atoms. The van der Waals surface area contributed by atoms with Crippen LogP contribution in [0.4, 0.5) is 0 Å². The van der Waals surface area contributed by atoms with Crippen LogP contribution in [0, 0.1) is 11.8 Å². The quantitative estimate of drug-likeness (QED) is 0.589. The zero-order valence-electron chi connectivity index (χ0n) is 15.1. The normalized spacial score (nSPS) is 18.8. The number of carbonyl (C=O) groups is 2. The second-order valence-electron chi connectivity index (χ2n) is 6.94. The Hall–Kier alpha value is -1.76. The van der Waals surface area contributed by atoms with Gasteiger partial charge in [0.2, 0.25) is 5.91 Å². The third-order valence-electron chi connectivity index (χ3n) is 4.24. The second kappa shape index (κ2) is 10.3. The van der Waals surface area contributed by atoms with Crippen molar-refractivity contribution in [1.29, 1.82) is 0 Å². The van der Waals surface area contributed by atoms with Crippen LogP contribution in [0.5, 0.6) is 0 Å². The maximum absolute atomic E-state index is 12.7. The van der Waals surface area contributed by atoms with Crippen molar-refractivity contribution in [2.45, 2.75) is 39.3 Å². The minimum Gasteiger partial charge on any atom is -0.313 e. The van der Waals surface area contributed by atoms with E-state index in [-0.39, 0.29) is 30.1 Å². The lowest BCUT2D eigenvalue weighted by atomic mass is 9.86. The molecule has 0 radical (unpaired) electrons. The number of carbonyl (C=O) groups excluding carboxylic acids is 2. The lowest BCUT2D eigenvalue weighted by molar-refractivity contribution is -0.139. The first-order valence-corrected chi connectivity index (χ1v) is 8.98. The van der Waals surface area contributed by atoms with Crippen molar-refractivity contribution in [2.24, 2.45) is 11.8 Å². The van der Waals surface area contributed by atoms with Crippen molar-refractivity contribution in [3.8, 4) is 0 Å². The zero-order chi connectivity index (χ0) is 18.1. The van der Waals surface area contributed by atoms with E-state index in [1.807, 2.05) is 30.3 Å². The van der Waals surface area contributed by atoms with Crippen molar-refractivity contribution in [3.05, 3.63) is 35.9 Å². The van der Waals surface area contributed by atoms with E-state index in [0.29, 0.717) is 25.5 Å². The van der Waals surface area contributed by atoms with Crippen LogP contribution in [0.2, 0.25) is 0 Å². The number of Topliss-reactive ketones (excluding diaryl/α,β-unsaturated/α-hetero) is 1. The van der Waals surface area contributed by atoms with E-state index in [1.54, 1.807) is 0 Å². The van der Waals surface area contributed by atoms with E-state index in [4.69, 9.17) is 4.84 Å². The Morgan fingerprint density at radius 2 is 2.00 bits per heavy atom. The van der Waals surface area contributed by atoms with Crippen molar-refractivity contribution < 1.29 is 14.4 Å². The Morgan fingerprint density at radius 3 is 2.64 bits per heavy atom. The van der Waals surface area contributed by atoms with Crippen molar-refractivity contribution in [3.63, 3.8) is 0 Å². The molecule has 0 bridgehead atoms. The van der Waals surface area contributed by atoms with Crippen LogP contribution in [0.1, 0.15) is 32.3 Å². The molecule has 6 heteroatoms. The summed E-state index contributed by atoms with van der Waals surface area (Å²) in [5.74, 6) is -0.0842. The Labute approximate surface area is 149 Å². The molecule has 0 aromatic heterocycles. The monoisotopic (exact) mass is 347 g/mol. The first-order chi connectivity index (χ1) is 12.1. The smallest absolute Gasteiger partial charge is 0.244 e. The summed E-state index contributed by atoms with van der Waals surface area (Å²) in [7, 11) is 0. The molecule has 1 amide bonds. The van der Waals surface area contributed by atoms with Crippen molar-refractivity contribution in [2.75, 3.05) is 19.6 Å². The van der Waals surface area contributed by atoms with Gasteiger partial charge in [-0.15, -0.1) is 0 Å². The summed E-state index contributed by atoms with van der Waals surface area (Å²) in [6, 6.07) is 9.41. The van der Waals surface area contributed by atoms with Crippen LogP contribution >= 0.6 is 0 Å². The molecule has 3 N–H and O–H groups in total. The molecule has 2 rings (SSSR count). The molecule has 0 saturated carbocycles. The first-order valence-electron chi connectivity index (χ1n) is 8.98. The highest BCUT2D eigenvalue weighted by Crippen LogP contribution is 2.19. The number of hydrogen-bond acceptors (Lipinski definition) is 5.